The Bertz CT molecular complexity index is 1220. The van der Waals surface area contributed by atoms with E-state index in [2.05, 4.69) is 5.32 Å². The second-order valence-electron chi connectivity index (χ2n) is 9.71. The highest BCUT2D eigenvalue weighted by atomic mass is 35.5. The number of nitrogens with zero attached hydrogens (tertiary/aromatic N) is 2. The molecule has 0 atom stereocenters. The number of benzene rings is 3. The first-order valence-electron chi connectivity index (χ1n) is 11.4. The molecule has 3 aromatic rings. The molecule has 7 heteroatoms. The van der Waals surface area contributed by atoms with Gasteiger partial charge in [-0.3, -0.25) is 9.59 Å². The third-order valence-corrected chi connectivity index (χ3v) is 5.82. The van der Waals surface area contributed by atoms with E-state index in [1.165, 1.54) is 12.1 Å². The van der Waals surface area contributed by atoms with E-state index in [0.717, 1.165) is 11.3 Å². The summed E-state index contributed by atoms with van der Waals surface area (Å²) in [5.41, 5.74) is 2.80. The largest absolute Gasteiger partial charge is 0.377 e. The average Bonchev–Trinajstić information content (AvgIpc) is 2.77. The molecule has 0 saturated carbocycles. The van der Waals surface area contributed by atoms with Crippen molar-refractivity contribution < 1.29 is 14.0 Å². The lowest BCUT2D eigenvalue weighted by atomic mass is 9.94. The van der Waals surface area contributed by atoms with Crippen molar-refractivity contribution in [2.75, 3.05) is 24.3 Å². The van der Waals surface area contributed by atoms with Gasteiger partial charge in [0.25, 0.3) is 5.91 Å². The van der Waals surface area contributed by atoms with Gasteiger partial charge in [0.2, 0.25) is 5.91 Å². The van der Waals surface area contributed by atoms with Crippen molar-refractivity contribution in [2.45, 2.75) is 33.9 Å². The first-order chi connectivity index (χ1) is 16.5. The van der Waals surface area contributed by atoms with Crippen LogP contribution in [0.25, 0.3) is 0 Å². The molecule has 0 aliphatic heterocycles. The maximum absolute atomic E-state index is 13.8. The predicted octanol–water partition coefficient (Wildman–Crippen LogP) is 6.37. The summed E-state index contributed by atoms with van der Waals surface area (Å²) in [6.45, 7) is 6.13. The quantitative estimate of drug-likeness (QED) is 0.414. The van der Waals surface area contributed by atoms with Crippen molar-refractivity contribution in [1.82, 2.24) is 4.90 Å². The average molecular weight is 496 g/mol. The van der Waals surface area contributed by atoms with E-state index in [-0.39, 0.29) is 30.7 Å². The summed E-state index contributed by atoms with van der Waals surface area (Å²) in [6.07, 6.45) is 0. The Morgan fingerprint density at radius 3 is 2.29 bits per heavy atom. The van der Waals surface area contributed by atoms with Gasteiger partial charge in [0.05, 0.1) is 10.6 Å². The topological polar surface area (TPSA) is 52.7 Å². The first kappa shape index (κ1) is 26.2. The molecule has 0 unspecified atom stereocenters. The minimum Gasteiger partial charge on any atom is -0.377 e. The number of anilines is 2. The third kappa shape index (κ3) is 6.83. The molecular formula is C28H31ClFN3O2. The van der Waals surface area contributed by atoms with Crippen molar-refractivity contribution >= 4 is 34.8 Å². The number of carbonyl (C=O) groups is 2. The van der Waals surface area contributed by atoms with Gasteiger partial charge in [-0.2, -0.15) is 0 Å². The van der Waals surface area contributed by atoms with Crippen LogP contribution in [0.1, 0.15) is 42.3 Å². The van der Waals surface area contributed by atoms with E-state index >= 15 is 0 Å². The van der Waals surface area contributed by atoms with Gasteiger partial charge >= 0.3 is 0 Å². The van der Waals surface area contributed by atoms with E-state index in [1.54, 1.807) is 41.3 Å². The maximum atomic E-state index is 13.8. The summed E-state index contributed by atoms with van der Waals surface area (Å²) in [4.78, 5) is 29.8. The van der Waals surface area contributed by atoms with Crippen molar-refractivity contribution in [3.8, 4) is 0 Å². The van der Waals surface area contributed by atoms with E-state index in [0.29, 0.717) is 21.8 Å². The zero-order valence-corrected chi connectivity index (χ0v) is 21.5. The smallest absolute Gasteiger partial charge is 0.257 e. The van der Waals surface area contributed by atoms with Gasteiger partial charge in [0.1, 0.15) is 5.82 Å². The van der Waals surface area contributed by atoms with Crippen molar-refractivity contribution in [2.24, 2.45) is 5.41 Å². The van der Waals surface area contributed by atoms with Crippen molar-refractivity contribution in [3.63, 3.8) is 0 Å². The Kier molecular flexibility index (Phi) is 8.18. The molecule has 0 aromatic heterocycles. The molecule has 3 aromatic carbocycles. The van der Waals surface area contributed by atoms with Crippen LogP contribution in [0.2, 0.25) is 5.02 Å². The standard InChI is InChI=1S/C28H31ClFN3O2/c1-28(2,3)27(35)33(17-19-9-8-10-21(30)15-19)18-20-16-22(13-14-25(20)32(4)5)31-26(34)23-11-6-7-12-24(23)29/h6-16H,17-18H2,1-5H3,(H,31,34). The second-order valence-corrected chi connectivity index (χ2v) is 10.1. The molecule has 0 radical (unpaired) electrons. The summed E-state index contributed by atoms with van der Waals surface area (Å²) in [5.74, 6) is -0.720. The number of halogens is 2. The molecule has 0 aliphatic carbocycles. The molecule has 0 saturated heterocycles. The Balaban J connectivity index is 1.95. The minimum absolute atomic E-state index is 0.0584. The lowest BCUT2D eigenvalue weighted by Gasteiger charge is -2.31. The predicted molar refractivity (Wildman–Crippen MR) is 140 cm³/mol. The second kappa shape index (κ2) is 10.9. The summed E-state index contributed by atoms with van der Waals surface area (Å²) in [6, 6.07) is 18.7. The van der Waals surface area contributed by atoms with Gasteiger partial charge in [0.15, 0.2) is 0 Å². The monoisotopic (exact) mass is 495 g/mol. The molecule has 0 spiro atoms. The molecule has 0 heterocycles. The highest BCUT2D eigenvalue weighted by Gasteiger charge is 2.28. The van der Waals surface area contributed by atoms with Gasteiger partial charge in [-0.15, -0.1) is 0 Å². The van der Waals surface area contributed by atoms with Gasteiger partial charge < -0.3 is 15.1 Å². The molecular weight excluding hydrogens is 465 g/mol. The van der Waals surface area contributed by atoms with Crippen LogP contribution in [0.3, 0.4) is 0 Å². The van der Waals surface area contributed by atoms with Crippen molar-refractivity contribution in [3.05, 3.63) is 94.3 Å². The fraction of sp³-hybridized carbons (Fsp3) is 0.286. The number of nitrogens with one attached hydrogen (secondary N) is 1. The van der Waals surface area contributed by atoms with E-state index < -0.39 is 5.41 Å². The van der Waals surface area contributed by atoms with Crippen LogP contribution in [0, 0.1) is 11.2 Å². The van der Waals surface area contributed by atoms with Crippen molar-refractivity contribution in [1.29, 1.82) is 0 Å². The summed E-state index contributed by atoms with van der Waals surface area (Å²) >= 11 is 6.18. The molecule has 35 heavy (non-hydrogen) atoms. The fourth-order valence-corrected chi connectivity index (χ4v) is 4.03. The third-order valence-electron chi connectivity index (χ3n) is 5.49. The Hall–Kier alpha value is -3.38. The molecule has 184 valence electrons. The Morgan fingerprint density at radius 1 is 0.943 bits per heavy atom. The normalized spacial score (nSPS) is 11.2. The summed E-state index contributed by atoms with van der Waals surface area (Å²) in [7, 11) is 3.84. The lowest BCUT2D eigenvalue weighted by Crippen LogP contribution is -2.39. The highest BCUT2D eigenvalue weighted by molar-refractivity contribution is 6.34. The highest BCUT2D eigenvalue weighted by Crippen LogP contribution is 2.28. The van der Waals surface area contributed by atoms with Crippen LogP contribution in [0.4, 0.5) is 15.8 Å². The minimum atomic E-state index is -0.624. The van der Waals surface area contributed by atoms with Crippen LogP contribution < -0.4 is 10.2 Å². The summed E-state index contributed by atoms with van der Waals surface area (Å²) in [5, 5.41) is 3.27. The SMILES string of the molecule is CN(C)c1ccc(NC(=O)c2ccccc2Cl)cc1CN(Cc1cccc(F)c1)C(=O)C(C)(C)C. The van der Waals surface area contributed by atoms with Gasteiger partial charge in [-0.1, -0.05) is 56.6 Å². The molecule has 0 fully saturated rings. The van der Waals surface area contributed by atoms with Crippen LogP contribution in [-0.4, -0.2) is 30.8 Å². The van der Waals surface area contributed by atoms with E-state index in [4.69, 9.17) is 11.6 Å². The Morgan fingerprint density at radius 2 is 1.66 bits per heavy atom. The number of rotatable bonds is 7. The summed E-state index contributed by atoms with van der Waals surface area (Å²) < 4.78 is 13.8. The molecule has 0 aliphatic rings. The number of hydrogen-bond acceptors (Lipinski definition) is 3. The van der Waals surface area contributed by atoms with Crippen LogP contribution in [0.15, 0.2) is 66.7 Å². The molecule has 5 nitrogen and oxygen atoms in total. The zero-order valence-electron chi connectivity index (χ0n) is 20.7. The molecule has 2 amide bonds. The van der Waals surface area contributed by atoms with E-state index in [9.17, 15) is 14.0 Å². The van der Waals surface area contributed by atoms with Gasteiger partial charge in [-0.25, -0.2) is 4.39 Å². The van der Waals surface area contributed by atoms with Crippen LogP contribution >= 0.6 is 11.6 Å². The molecule has 1 N–H and O–H groups in total. The lowest BCUT2D eigenvalue weighted by molar-refractivity contribution is -0.140. The van der Waals surface area contributed by atoms with E-state index in [1.807, 2.05) is 58.0 Å². The van der Waals surface area contributed by atoms with Crippen LogP contribution in [0.5, 0.6) is 0 Å². The number of carbonyl (C=O) groups excluding carboxylic acids is 2. The Labute approximate surface area is 211 Å². The van der Waals surface area contributed by atoms with Gasteiger partial charge in [-0.05, 0) is 53.6 Å². The van der Waals surface area contributed by atoms with Gasteiger partial charge in [0, 0.05) is 44.0 Å². The zero-order chi connectivity index (χ0) is 25.8. The number of amides is 2. The molecule has 3 rings (SSSR count). The molecule has 0 bridgehead atoms. The van der Waals surface area contributed by atoms with Crippen LogP contribution in [-0.2, 0) is 17.9 Å². The maximum Gasteiger partial charge on any atom is 0.257 e. The fourth-order valence-electron chi connectivity index (χ4n) is 3.81. The first-order valence-corrected chi connectivity index (χ1v) is 11.7. The number of hydrogen-bond donors (Lipinski definition) is 1.